The van der Waals surface area contributed by atoms with Crippen LogP contribution in [-0.2, 0) is 4.74 Å². The maximum atomic E-state index is 12.2. The summed E-state index contributed by atoms with van der Waals surface area (Å²) in [6, 6.07) is 5.11. The van der Waals surface area contributed by atoms with Crippen molar-refractivity contribution in [3.05, 3.63) is 40.5 Å². The Morgan fingerprint density at radius 1 is 1.30 bits per heavy atom. The molecule has 8 nitrogen and oxygen atoms in total. The number of nitrogens with zero attached hydrogens (tertiary/aromatic N) is 2. The van der Waals surface area contributed by atoms with Crippen LogP contribution in [0.5, 0.6) is 0 Å². The van der Waals surface area contributed by atoms with Gasteiger partial charge in [0.25, 0.3) is 0 Å². The topological polar surface area (TPSA) is 98.8 Å². The maximum absolute atomic E-state index is 12.2. The Bertz CT molecular complexity index is 924. The smallest absolute Gasteiger partial charge is 0.340 e. The van der Waals surface area contributed by atoms with E-state index in [1.807, 2.05) is 32.0 Å². The van der Waals surface area contributed by atoms with Gasteiger partial charge in [0.05, 0.1) is 41.0 Å². The van der Waals surface area contributed by atoms with Gasteiger partial charge in [-0.05, 0) is 49.3 Å². The van der Waals surface area contributed by atoms with Gasteiger partial charge in [-0.3, -0.25) is 0 Å². The molecule has 30 heavy (non-hydrogen) atoms. The molecule has 2 rings (SSSR count). The van der Waals surface area contributed by atoms with Crippen molar-refractivity contribution in [1.82, 2.24) is 4.98 Å². The zero-order chi connectivity index (χ0) is 22.3. The molecule has 0 aliphatic rings. The minimum Gasteiger partial charge on any atom is -0.465 e. The summed E-state index contributed by atoms with van der Waals surface area (Å²) in [5, 5.41) is 19.0. The number of esters is 1. The van der Waals surface area contributed by atoms with Gasteiger partial charge in [0.1, 0.15) is 5.82 Å². The zero-order valence-electron chi connectivity index (χ0n) is 17.4. The van der Waals surface area contributed by atoms with Crippen LogP contribution in [0.15, 0.2) is 24.4 Å². The standard InChI is InChI=1S/C20H26ClN5O3S/c1-12-10-16(26(2)3)23-11-15(12)24-20(30)25-18-14(21)7-6-13(19(28)29-4)17(18)22-8-5-9-27/h6-7,10-11,22,27H,5,8-9H2,1-4H3,(H2,24,25,30). The lowest BCUT2D eigenvalue weighted by Crippen LogP contribution is -2.22. The Balaban J connectivity index is 2.29. The molecule has 0 unspecified atom stereocenters. The summed E-state index contributed by atoms with van der Waals surface area (Å²) in [4.78, 5) is 18.5. The van der Waals surface area contributed by atoms with E-state index in [4.69, 9.17) is 33.7 Å². The van der Waals surface area contributed by atoms with E-state index in [0.717, 1.165) is 17.1 Å². The Kier molecular flexibility index (Phi) is 8.64. The molecule has 0 fully saturated rings. The van der Waals surface area contributed by atoms with E-state index >= 15 is 0 Å². The number of ether oxygens (including phenoxy) is 1. The molecule has 0 aliphatic heterocycles. The second kappa shape index (κ2) is 11.0. The van der Waals surface area contributed by atoms with Gasteiger partial charge < -0.3 is 30.7 Å². The molecule has 10 heteroatoms. The lowest BCUT2D eigenvalue weighted by Gasteiger charge is -2.20. The lowest BCUT2D eigenvalue weighted by atomic mass is 10.1. The fourth-order valence-electron chi connectivity index (χ4n) is 2.64. The Hall–Kier alpha value is -2.62. The fourth-order valence-corrected chi connectivity index (χ4v) is 3.06. The highest BCUT2D eigenvalue weighted by Gasteiger charge is 2.19. The number of halogens is 1. The summed E-state index contributed by atoms with van der Waals surface area (Å²) < 4.78 is 4.87. The number of benzene rings is 1. The monoisotopic (exact) mass is 451 g/mol. The molecule has 0 radical (unpaired) electrons. The number of aliphatic hydroxyl groups excluding tert-OH is 1. The number of nitrogens with one attached hydrogen (secondary N) is 3. The first-order valence-corrected chi connectivity index (χ1v) is 10.0. The largest absolute Gasteiger partial charge is 0.465 e. The normalized spacial score (nSPS) is 10.3. The number of aliphatic hydroxyl groups is 1. The summed E-state index contributed by atoms with van der Waals surface area (Å²) in [5.74, 6) is 0.320. The molecule has 0 saturated heterocycles. The van der Waals surface area contributed by atoms with Crippen LogP contribution in [0.1, 0.15) is 22.3 Å². The van der Waals surface area contributed by atoms with E-state index in [1.165, 1.54) is 7.11 Å². The van der Waals surface area contributed by atoms with E-state index in [2.05, 4.69) is 20.9 Å². The van der Waals surface area contributed by atoms with Crippen molar-refractivity contribution in [2.45, 2.75) is 13.3 Å². The first-order chi connectivity index (χ1) is 14.3. The van der Waals surface area contributed by atoms with Crippen LogP contribution < -0.4 is 20.9 Å². The third-order valence-electron chi connectivity index (χ3n) is 4.24. The lowest BCUT2D eigenvalue weighted by molar-refractivity contribution is 0.0602. The number of thiocarbonyl (C=S) groups is 1. The molecule has 1 aromatic carbocycles. The van der Waals surface area contributed by atoms with Crippen LogP contribution in [0.2, 0.25) is 5.02 Å². The second-order valence-electron chi connectivity index (χ2n) is 6.67. The Labute approximate surface area is 186 Å². The third-order valence-corrected chi connectivity index (χ3v) is 4.76. The van der Waals surface area contributed by atoms with Gasteiger partial charge in [0.2, 0.25) is 0 Å². The predicted molar refractivity (Wildman–Crippen MR) is 126 cm³/mol. The number of hydrogen-bond acceptors (Lipinski definition) is 7. The van der Waals surface area contributed by atoms with Gasteiger partial charge in [-0.2, -0.15) is 0 Å². The Morgan fingerprint density at radius 3 is 2.63 bits per heavy atom. The quantitative estimate of drug-likeness (QED) is 0.273. The molecule has 0 amide bonds. The first kappa shape index (κ1) is 23.7. The number of aromatic nitrogens is 1. The van der Waals surface area contributed by atoms with Crippen molar-refractivity contribution in [3.8, 4) is 0 Å². The van der Waals surface area contributed by atoms with Crippen molar-refractivity contribution in [2.24, 2.45) is 0 Å². The van der Waals surface area contributed by atoms with E-state index in [-0.39, 0.29) is 11.7 Å². The number of aryl methyl sites for hydroxylation is 1. The van der Waals surface area contributed by atoms with Gasteiger partial charge in [-0.25, -0.2) is 9.78 Å². The SMILES string of the molecule is COC(=O)c1ccc(Cl)c(NC(=S)Nc2cnc(N(C)C)cc2C)c1NCCCO. The number of hydrogen-bond donors (Lipinski definition) is 4. The minimum absolute atomic E-state index is 0.0130. The minimum atomic E-state index is -0.514. The number of pyridine rings is 1. The molecule has 1 aromatic heterocycles. The number of carbonyl (C=O) groups is 1. The summed E-state index contributed by atoms with van der Waals surface area (Å²) >= 11 is 11.8. The van der Waals surface area contributed by atoms with Crippen molar-refractivity contribution >= 4 is 57.8 Å². The van der Waals surface area contributed by atoms with Gasteiger partial charge >= 0.3 is 5.97 Å². The highest BCUT2D eigenvalue weighted by molar-refractivity contribution is 7.80. The summed E-state index contributed by atoms with van der Waals surface area (Å²) in [5.41, 5.74) is 2.90. The molecule has 4 N–H and O–H groups in total. The van der Waals surface area contributed by atoms with E-state index in [9.17, 15) is 4.79 Å². The molecular formula is C20H26ClN5O3S. The third kappa shape index (κ3) is 5.94. The van der Waals surface area contributed by atoms with Gasteiger partial charge in [-0.1, -0.05) is 11.6 Å². The average molecular weight is 452 g/mol. The summed E-state index contributed by atoms with van der Waals surface area (Å²) in [6.07, 6.45) is 2.20. The van der Waals surface area contributed by atoms with Gasteiger partial charge in [-0.15, -0.1) is 0 Å². The molecule has 0 spiro atoms. The summed E-state index contributed by atoms with van der Waals surface area (Å²) in [7, 11) is 5.15. The van der Waals surface area contributed by atoms with E-state index in [1.54, 1.807) is 18.3 Å². The number of rotatable bonds is 8. The Morgan fingerprint density at radius 2 is 2.03 bits per heavy atom. The van der Waals surface area contributed by atoms with Crippen LogP contribution in [-0.4, -0.2) is 55.5 Å². The second-order valence-corrected chi connectivity index (χ2v) is 7.49. The van der Waals surface area contributed by atoms with E-state index < -0.39 is 5.97 Å². The van der Waals surface area contributed by atoms with Crippen LogP contribution in [0, 0.1) is 6.92 Å². The average Bonchev–Trinajstić information content (AvgIpc) is 2.71. The molecule has 162 valence electrons. The highest BCUT2D eigenvalue weighted by atomic mass is 35.5. The van der Waals surface area contributed by atoms with Gasteiger partial charge in [0.15, 0.2) is 5.11 Å². The van der Waals surface area contributed by atoms with Crippen molar-refractivity contribution in [3.63, 3.8) is 0 Å². The van der Waals surface area contributed by atoms with Crippen LogP contribution in [0.3, 0.4) is 0 Å². The predicted octanol–water partition coefficient (Wildman–Crippen LogP) is 3.50. The maximum Gasteiger partial charge on any atom is 0.340 e. The number of methoxy groups -OCH3 is 1. The fraction of sp³-hybridized carbons (Fsp3) is 0.350. The molecule has 1 heterocycles. The number of anilines is 4. The molecule has 0 atom stereocenters. The molecule has 0 aliphatic carbocycles. The van der Waals surface area contributed by atoms with Crippen LogP contribution >= 0.6 is 23.8 Å². The van der Waals surface area contributed by atoms with Crippen molar-refractivity contribution in [2.75, 3.05) is 55.2 Å². The first-order valence-electron chi connectivity index (χ1n) is 9.26. The van der Waals surface area contributed by atoms with Crippen molar-refractivity contribution in [1.29, 1.82) is 0 Å². The molecular weight excluding hydrogens is 426 g/mol. The van der Waals surface area contributed by atoms with Gasteiger partial charge in [0, 0.05) is 27.2 Å². The van der Waals surface area contributed by atoms with Crippen molar-refractivity contribution < 1.29 is 14.6 Å². The molecule has 0 bridgehead atoms. The van der Waals surface area contributed by atoms with Crippen LogP contribution in [0.4, 0.5) is 22.9 Å². The molecule has 0 saturated carbocycles. The number of carbonyl (C=O) groups excluding carboxylic acids is 1. The van der Waals surface area contributed by atoms with Crippen LogP contribution in [0.25, 0.3) is 0 Å². The zero-order valence-corrected chi connectivity index (χ0v) is 18.9. The highest BCUT2D eigenvalue weighted by Crippen LogP contribution is 2.34. The van der Waals surface area contributed by atoms with E-state index in [0.29, 0.717) is 34.9 Å². The summed E-state index contributed by atoms with van der Waals surface area (Å²) in [6.45, 7) is 2.40. The molecule has 2 aromatic rings.